The molecule has 0 aliphatic carbocycles. The number of carbonyl (C=O) groups is 2. The number of halogens is 1. The van der Waals surface area contributed by atoms with Gasteiger partial charge < -0.3 is 5.32 Å². The van der Waals surface area contributed by atoms with Crippen LogP contribution in [0.3, 0.4) is 0 Å². The number of carbonyl (C=O) groups excluding carboxylic acids is 2. The number of anilines is 1. The Kier molecular flexibility index (Phi) is 4.06. The molecule has 1 aliphatic heterocycles. The summed E-state index contributed by atoms with van der Waals surface area (Å²) in [5.41, 5.74) is 0.410. The van der Waals surface area contributed by atoms with E-state index < -0.39 is 27.9 Å². The molecule has 0 saturated heterocycles. The van der Waals surface area contributed by atoms with Crippen LogP contribution < -0.4 is 5.32 Å². The fraction of sp³-hybridized carbons (Fsp3) is 0.125. The van der Waals surface area contributed by atoms with Crippen LogP contribution in [0, 0.1) is 0 Å². The Balaban J connectivity index is 1.91. The number of para-hydroxylation sites is 1. The first-order chi connectivity index (χ1) is 11.3. The number of nitrogens with one attached hydrogen (secondary N) is 1. The predicted molar refractivity (Wildman–Crippen MR) is 89.3 cm³/mol. The maximum atomic E-state index is 12.6. The summed E-state index contributed by atoms with van der Waals surface area (Å²) in [4.78, 5) is 24.7. The van der Waals surface area contributed by atoms with Crippen molar-refractivity contribution in [3.05, 3.63) is 59.1 Å². The fourth-order valence-electron chi connectivity index (χ4n) is 2.49. The summed E-state index contributed by atoms with van der Waals surface area (Å²) in [7, 11) is -4.05. The van der Waals surface area contributed by atoms with Gasteiger partial charge in [-0.1, -0.05) is 35.9 Å². The molecular weight excluding hydrogens is 352 g/mol. The quantitative estimate of drug-likeness (QED) is 0.907. The van der Waals surface area contributed by atoms with Crippen molar-refractivity contribution >= 4 is 39.1 Å². The molecule has 0 aromatic heterocycles. The van der Waals surface area contributed by atoms with Crippen LogP contribution in [0.25, 0.3) is 0 Å². The Hall–Kier alpha value is -2.38. The Morgan fingerprint density at radius 2 is 1.75 bits per heavy atom. The number of benzene rings is 2. The third-order valence-electron chi connectivity index (χ3n) is 3.72. The number of hydrogen-bond acceptors (Lipinski definition) is 4. The lowest BCUT2D eigenvalue weighted by Gasteiger charge is -2.22. The summed E-state index contributed by atoms with van der Waals surface area (Å²) in [6, 6.07) is 11.2. The van der Waals surface area contributed by atoms with E-state index in [1.54, 1.807) is 30.3 Å². The smallest absolute Gasteiger partial charge is 0.269 e. The number of sulfonamides is 1. The van der Waals surface area contributed by atoms with E-state index in [-0.39, 0.29) is 10.5 Å². The average Bonchev–Trinajstić information content (AvgIpc) is 2.76. The summed E-state index contributed by atoms with van der Waals surface area (Å²) in [5.74, 6) is -1.36. The molecule has 8 heteroatoms. The highest BCUT2D eigenvalue weighted by Gasteiger charge is 2.45. The maximum absolute atomic E-state index is 12.6. The third-order valence-corrected chi connectivity index (χ3v) is 5.96. The van der Waals surface area contributed by atoms with Gasteiger partial charge in [-0.2, -0.15) is 0 Å². The molecule has 6 nitrogen and oxygen atoms in total. The molecular formula is C16H13ClN2O4S. The van der Waals surface area contributed by atoms with Crippen LogP contribution in [0.4, 0.5) is 5.69 Å². The molecule has 2 amide bonds. The topological polar surface area (TPSA) is 83.6 Å². The molecule has 2 aromatic carbocycles. The minimum atomic E-state index is -4.05. The highest BCUT2D eigenvalue weighted by molar-refractivity contribution is 7.90. The van der Waals surface area contributed by atoms with Gasteiger partial charge in [0, 0.05) is 0 Å². The number of fused-ring (bicyclic) bond motifs is 1. The van der Waals surface area contributed by atoms with Crippen LogP contribution in [-0.2, 0) is 14.8 Å². The SMILES string of the molecule is CC(C(=O)Nc1ccccc1Cl)N1C(=O)c2ccccc2S1(=O)=O. The minimum Gasteiger partial charge on any atom is -0.323 e. The van der Waals surface area contributed by atoms with Gasteiger partial charge in [0.25, 0.3) is 15.9 Å². The van der Waals surface area contributed by atoms with Crippen LogP contribution in [-0.4, -0.2) is 30.6 Å². The van der Waals surface area contributed by atoms with Crippen molar-refractivity contribution in [3.63, 3.8) is 0 Å². The number of hydrogen-bond donors (Lipinski definition) is 1. The number of rotatable bonds is 3. The molecule has 0 fully saturated rings. The molecule has 124 valence electrons. The minimum absolute atomic E-state index is 0.0647. The van der Waals surface area contributed by atoms with E-state index >= 15 is 0 Å². The summed E-state index contributed by atoms with van der Waals surface area (Å²) in [6.45, 7) is 1.35. The van der Waals surface area contributed by atoms with Crippen LogP contribution in [0.15, 0.2) is 53.4 Å². The first-order valence-corrected chi connectivity index (χ1v) is 8.89. The zero-order chi connectivity index (χ0) is 17.5. The van der Waals surface area contributed by atoms with Gasteiger partial charge in [-0.25, -0.2) is 12.7 Å². The van der Waals surface area contributed by atoms with Crippen LogP contribution in [0.1, 0.15) is 17.3 Å². The molecule has 3 rings (SSSR count). The van der Waals surface area contributed by atoms with Crippen molar-refractivity contribution in [2.24, 2.45) is 0 Å². The third kappa shape index (κ3) is 2.55. The number of amides is 2. The van der Waals surface area contributed by atoms with Crippen molar-refractivity contribution in [3.8, 4) is 0 Å². The Morgan fingerprint density at radius 3 is 2.42 bits per heavy atom. The standard InChI is InChI=1S/C16H13ClN2O4S/c1-10(15(20)18-13-8-4-3-7-12(13)17)19-16(21)11-6-2-5-9-14(11)24(19,22)23/h2-10H,1H3,(H,18,20). The second-order valence-electron chi connectivity index (χ2n) is 5.25. The van der Waals surface area contributed by atoms with Crippen molar-refractivity contribution in [1.82, 2.24) is 4.31 Å². The van der Waals surface area contributed by atoms with Crippen molar-refractivity contribution in [2.45, 2.75) is 17.9 Å². The van der Waals surface area contributed by atoms with Gasteiger partial charge in [0.2, 0.25) is 5.91 Å². The maximum Gasteiger partial charge on any atom is 0.269 e. The van der Waals surface area contributed by atoms with Gasteiger partial charge in [0.1, 0.15) is 10.9 Å². The first-order valence-electron chi connectivity index (χ1n) is 7.07. The van der Waals surface area contributed by atoms with E-state index in [2.05, 4.69) is 5.32 Å². The monoisotopic (exact) mass is 364 g/mol. The molecule has 0 saturated carbocycles. The van der Waals surface area contributed by atoms with Crippen LogP contribution in [0.2, 0.25) is 5.02 Å². The van der Waals surface area contributed by atoms with Gasteiger partial charge in [0.05, 0.1) is 16.3 Å². The normalized spacial score (nSPS) is 16.6. The molecule has 1 aliphatic rings. The van der Waals surface area contributed by atoms with Gasteiger partial charge >= 0.3 is 0 Å². The zero-order valence-corrected chi connectivity index (χ0v) is 14.1. The molecule has 2 aromatic rings. The molecule has 1 heterocycles. The van der Waals surface area contributed by atoms with E-state index in [4.69, 9.17) is 11.6 Å². The van der Waals surface area contributed by atoms with E-state index in [0.717, 1.165) is 0 Å². The summed E-state index contributed by atoms with van der Waals surface area (Å²) in [5, 5.41) is 2.86. The van der Waals surface area contributed by atoms with Crippen LogP contribution in [0.5, 0.6) is 0 Å². The summed E-state index contributed by atoms with van der Waals surface area (Å²) in [6.07, 6.45) is 0. The lowest BCUT2D eigenvalue weighted by atomic mass is 10.2. The van der Waals surface area contributed by atoms with Gasteiger partial charge in [-0.05, 0) is 31.2 Å². The summed E-state index contributed by atoms with van der Waals surface area (Å²) < 4.78 is 25.7. The Morgan fingerprint density at radius 1 is 1.12 bits per heavy atom. The zero-order valence-electron chi connectivity index (χ0n) is 12.6. The molecule has 1 unspecified atom stereocenters. The van der Waals surface area contributed by atoms with E-state index in [9.17, 15) is 18.0 Å². The van der Waals surface area contributed by atoms with E-state index in [1.807, 2.05) is 0 Å². The van der Waals surface area contributed by atoms with Gasteiger partial charge in [-0.3, -0.25) is 9.59 Å². The largest absolute Gasteiger partial charge is 0.323 e. The van der Waals surface area contributed by atoms with Crippen molar-refractivity contribution in [2.75, 3.05) is 5.32 Å². The lowest BCUT2D eigenvalue weighted by molar-refractivity contribution is -0.118. The molecule has 0 radical (unpaired) electrons. The Bertz CT molecular complexity index is 943. The predicted octanol–water partition coefficient (Wildman–Crippen LogP) is 2.51. The van der Waals surface area contributed by atoms with Gasteiger partial charge in [-0.15, -0.1) is 0 Å². The molecule has 0 bridgehead atoms. The second kappa shape index (κ2) is 5.92. The van der Waals surface area contributed by atoms with E-state index in [0.29, 0.717) is 15.0 Å². The lowest BCUT2D eigenvalue weighted by Crippen LogP contribution is -2.45. The average molecular weight is 365 g/mol. The van der Waals surface area contributed by atoms with Crippen molar-refractivity contribution < 1.29 is 18.0 Å². The highest BCUT2D eigenvalue weighted by atomic mass is 35.5. The first kappa shape index (κ1) is 16.5. The fourth-order valence-corrected chi connectivity index (χ4v) is 4.40. The van der Waals surface area contributed by atoms with Crippen LogP contribution >= 0.6 is 11.6 Å². The molecule has 1 N–H and O–H groups in total. The van der Waals surface area contributed by atoms with Gasteiger partial charge in [0.15, 0.2) is 0 Å². The molecule has 0 spiro atoms. The van der Waals surface area contributed by atoms with E-state index in [1.165, 1.54) is 25.1 Å². The number of nitrogens with zero attached hydrogens (tertiary/aromatic N) is 1. The second-order valence-corrected chi connectivity index (χ2v) is 7.44. The highest BCUT2D eigenvalue weighted by Crippen LogP contribution is 2.32. The molecule has 24 heavy (non-hydrogen) atoms. The van der Waals surface area contributed by atoms with Crippen molar-refractivity contribution in [1.29, 1.82) is 0 Å². The Labute approximate surface area is 144 Å². The summed E-state index contributed by atoms with van der Waals surface area (Å²) >= 11 is 5.98. The molecule has 1 atom stereocenters.